The quantitative estimate of drug-likeness (QED) is 0.257. The highest BCUT2D eigenvalue weighted by molar-refractivity contribution is 8.14. The van der Waals surface area contributed by atoms with Gasteiger partial charge in [-0.1, -0.05) is 30.0 Å². The monoisotopic (exact) mass is 385 g/mol. The minimum atomic E-state index is -0.480. The van der Waals surface area contributed by atoms with Crippen LogP contribution in [0.4, 0.5) is 11.4 Å². The summed E-state index contributed by atoms with van der Waals surface area (Å²) in [5.41, 5.74) is 1.25. The molecule has 1 saturated heterocycles. The Labute approximate surface area is 161 Å². The third-order valence-corrected chi connectivity index (χ3v) is 5.01. The molecule has 1 fully saturated rings. The number of non-ortho nitro benzene ring substituents is 1. The van der Waals surface area contributed by atoms with E-state index >= 15 is 0 Å². The van der Waals surface area contributed by atoms with Crippen LogP contribution in [-0.4, -0.2) is 52.8 Å². The molecule has 0 atom stereocenters. The zero-order valence-electron chi connectivity index (χ0n) is 14.6. The molecule has 0 bridgehead atoms. The van der Waals surface area contributed by atoms with Gasteiger partial charge >= 0.3 is 0 Å². The van der Waals surface area contributed by atoms with Gasteiger partial charge in [0.1, 0.15) is 0 Å². The number of rotatable bonds is 5. The first-order valence-electron chi connectivity index (χ1n) is 8.50. The molecule has 2 aromatic rings. The van der Waals surface area contributed by atoms with Crippen molar-refractivity contribution in [3.8, 4) is 0 Å². The minimum absolute atomic E-state index is 0.0288. The number of carbonyl (C=O) groups excluding carboxylic acids is 1. The van der Waals surface area contributed by atoms with Crippen LogP contribution in [0.1, 0.15) is 10.4 Å². The highest BCUT2D eigenvalue weighted by Crippen LogP contribution is 2.20. The Balaban J connectivity index is 1.71. The van der Waals surface area contributed by atoms with Gasteiger partial charge in [-0.05, 0) is 24.3 Å². The van der Waals surface area contributed by atoms with E-state index in [9.17, 15) is 14.9 Å². The lowest BCUT2D eigenvalue weighted by Gasteiger charge is -2.29. The fourth-order valence-electron chi connectivity index (χ4n) is 2.54. The number of hydrogen-bond donors (Lipinski definition) is 0. The number of amidine groups is 1. The van der Waals surface area contributed by atoms with E-state index in [1.54, 1.807) is 0 Å². The summed E-state index contributed by atoms with van der Waals surface area (Å²) in [5, 5.41) is 11.5. The van der Waals surface area contributed by atoms with Gasteiger partial charge in [-0.15, -0.1) is 0 Å². The van der Waals surface area contributed by atoms with Crippen molar-refractivity contribution in [2.75, 3.05) is 32.1 Å². The largest absolute Gasteiger partial charge is 0.378 e. The van der Waals surface area contributed by atoms with E-state index in [1.165, 1.54) is 36.0 Å². The zero-order chi connectivity index (χ0) is 19.1. The lowest BCUT2D eigenvalue weighted by molar-refractivity contribution is -0.384. The van der Waals surface area contributed by atoms with Crippen LogP contribution in [0.25, 0.3) is 0 Å². The van der Waals surface area contributed by atoms with Gasteiger partial charge in [0.15, 0.2) is 11.0 Å². The number of morpholine rings is 1. The number of ether oxygens (including phenoxy) is 1. The number of benzene rings is 2. The number of hydrogen-bond acceptors (Lipinski definition) is 6. The lowest BCUT2D eigenvalue weighted by atomic mass is 10.1. The molecule has 8 heteroatoms. The molecule has 1 aliphatic rings. The molecule has 1 aliphatic heterocycles. The summed E-state index contributed by atoms with van der Waals surface area (Å²) in [5.74, 6) is 0.116. The SMILES string of the molecule is O=C(CSC(=Nc1ccccc1)N1CCOCC1)c1ccc([N+](=O)[O-])cc1. The summed E-state index contributed by atoms with van der Waals surface area (Å²) < 4.78 is 5.40. The van der Waals surface area contributed by atoms with Gasteiger partial charge in [-0.2, -0.15) is 0 Å². The van der Waals surface area contributed by atoms with Crippen LogP contribution < -0.4 is 0 Å². The van der Waals surface area contributed by atoms with E-state index in [-0.39, 0.29) is 17.2 Å². The first-order valence-corrected chi connectivity index (χ1v) is 9.49. The Morgan fingerprint density at radius 2 is 1.78 bits per heavy atom. The molecular weight excluding hydrogens is 366 g/mol. The predicted molar refractivity (Wildman–Crippen MR) is 106 cm³/mol. The highest BCUT2D eigenvalue weighted by Gasteiger charge is 2.18. The summed E-state index contributed by atoms with van der Waals surface area (Å²) >= 11 is 1.37. The third kappa shape index (κ3) is 5.38. The molecule has 0 aliphatic carbocycles. The van der Waals surface area contributed by atoms with E-state index < -0.39 is 4.92 Å². The number of para-hydroxylation sites is 1. The Morgan fingerprint density at radius 3 is 2.41 bits per heavy atom. The van der Waals surface area contributed by atoms with E-state index in [4.69, 9.17) is 9.73 Å². The van der Waals surface area contributed by atoms with Crippen molar-refractivity contribution in [3.63, 3.8) is 0 Å². The number of Topliss-reactive ketones (excluding diaryl/α,β-unsaturated/α-hetero) is 1. The molecule has 140 valence electrons. The molecular formula is C19H19N3O4S. The molecule has 7 nitrogen and oxygen atoms in total. The van der Waals surface area contributed by atoms with Crippen LogP contribution >= 0.6 is 11.8 Å². The second-order valence-corrected chi connectivity index (χ2v) is 6.79. The Kier molecular flexibility index (Phi) is 6.56. The van der Waals surface area contributed by atoms with Crippen LogP contribution in [0.5, 0.6) is 0 Å². The standard InChI is InChI=1S/C19H19N3O4S/c23-18(15-6-8-17(9-7-15)22(24)25)14-27-19(21-10-12-26-13-11-21)20-16-4-2-1-3-5-16/h1-9H,10-14H2. The smallest absolute Gasteiger partial charge is 0.269 e. The fourth-order valence-corrected chi connectivity index (χ4v) is 3.51. The van der Waals surface area contributed by atoms with Crippen molar-refractivity contribution in [3.05, 3.63) is 70.3 Å². The van der Waals surface area contributed by atoms with Crippen molar-refractivity contribution < 1.29 is 14.5 Å². The van der Waals surface area contributed by atoms with Gasteiger partial charge in [0.05, 0.1) is 29.6 Å². The van der Waals surface area contributed by atoms with Gasteiger partial charge in [-0.25, -0.2) is 4.99 Å². The molecule has 1 heterocycles. The van der Waals surface area contributed by atoms with Gasteiger partial charge in [-0.3, -0.25) is 14.9 Å². The average Bonchev–Trinajstić information content (AvgIpc) is 2.72. The van der Waals surface area contributed by atoms with E-state index in [1.807, 2.05) is 30.3 Å². The molecule has 0 N–H and O–H groups in total. The van der Waals surface area contributed by atoms with Crippen LogP contribution in [0, 0.1) is 10.1 Å². The summed E-state index contributed by atoms with van der Waals surface area (Å²) in [4.78, 5) is 29.5. The van der Waals surface area contributed by atoms with Crippen LogP contribution in [0.15, 0.2) is 59.6 Å². The van der Waals surface area contributed by atoms with E-state index in [0.717, 1.165) is 23.9 Å². The molecule has 0 radical (unpaired) electrons. The van der Waals surface area contributed by atoms with E-state index in [0.29, 0.717) is 18.8 Å². The molecule has 0 aromatic heterocycles. The normalized spacial score (nSPS) is 14.8. The maximum atomic E-state index is 12.5. The summed E-state index contributed by atoms with van der Waals surface area (Å²) in [6.07, 6.45) is 0. The van der Waals surface area contributed by atoms with E-state index in [2.05, 4.69) is 4.90 Å². The fraction of sp³-hybridized carbons (Fsp3) is 0.263. The van der Waals surface area contributed by atoms with Crippen molar-refractivity contribution in [2.24, 2.45) is 4.99 Å². The maximum Gasteiger partial charge on any atom is 0.269 e. The van der Waals surface area contributed by atoms with Crippen LogP contribution in [-0.2, 0) is 4.74 Å². The first kappa shape index (κ1) is 19.1. The molecule has 0 unspecified atom stereocenters. The highest BCUT2D eigenvalue weighted by atomic mass is 32.2. The number of nitrogens with zero attached hydrogens (tertiary/aromatic N) is 3. The summed E-state index contributed by atoms with van der Waals surface area (Å²) in [6, 6.07) is 15.3. The number of aliphatic imine (C=N–C) groups is 1. The van der Waals surface area contributed by atoms with Crippen molar-refractivity contribution in [1.82, 2.24) is 4.90 Å². The number of nitro groups is 1. The molecule has 27 heavy (non-hydrogen) atoms. The Hall–Kier alpha value is -2.71. The maximum absolute atomic E-state index is 12.5. The zero-order valence-corrected chi connectivity index (χ0v) is 15.4. The molecule has 0 saturated carbocycles. The Morgan fingerprint density at radius 1 is 1.11 bits per heavy atom. The van der Waals surface area contributed by atoms with Gasteiger partial charge in [0.2, 0.25) is 0 Å². The number of ketones is 1. The van der Waals surface area contributed by atoms with Crippen molar-refractivity contribution in [1.29, 1.82) is 0 Å². The second kappa shape index (κ2) is 9.29. The molecule has 0 spiro atoms. The number of thioether (sulfide) groups is 1. The lowest BCUT2D eigenvalue weighted by Crippen LogP contribution is -2.39. The number of carbonyl (C=O) groups is 1. The van der Waals surface area contributed by atoms with Gasteiger partial charge < -0.3 is 9.64 Å². The van der Waals surface area contributed by atoms with Crippen LogP contribution in [0.3, 0.4) is 0 Å². The van der Waals surface area contributed by atoms with Crippen LogP contribution in [0.2, 0.25) is 0 Å². The second-order valence-electron chi connectivity index (χ2n) is 5.85. The minimum Gasteiger partial charge on any atom is -0.378 e. The summed E-state index contributed by atoms with van der Waals surface area (Å²) in [7, 11) is 0. The topological polar surface area (TPSA) is 85.0 Å². The molecule has 2 aromatic carbocycles. The third-order valence-electron chi connectivity index (χ3n) is 4.00. The Bertz CT molecular complexity index is 819. The van der Waals surface area contributed by atoms with Gasteiger partial charge in [0.25, 0.3) is 5.69 Å². The first-order chi connectivity index (χ1) is 13.1. The number of nitro benzene ring substituents is 1. The summed E-state index contributed by atoms with van der Waals surface area (Å²) in [6.45, 7) is 2.71. The predicted octanol–water partition coefficient (Wildman–Crippen LogP) is 3.53. The van der Waals surface area contributed by atoms with Crippen molar-refractivity contribution >= 4 is 34.1 Å². The molecule has 0 amide bonds. The van der Waals surface area contributed by atoms with Gasteiger partial charge in [0, 0.05) is 30.8 Å². The molecule has 3 rings (SSSR count). The van der Waals surface area contributed by atoms with Crippen molar-refractivity contribution in [2.45, 2.75) is 0 Å². The average molecular weight is 385 g/mol.